The molecule has 2 amide bonds. The minimum Gasteiger partial charge on any atom is -0.335 e. The highest BCUT2D eigenvalue weighted by Crippen LogP contribution is 2.21. The van der Waals surface area contributed by atoms with Crippen LogP contribution in [0.25, 0.3) is 0 Å². The lowest BCUT2D eigenvalue weighted by Gasteiger charge is -2.20. The predicted molar refractivity (Wildman–Crippen MR) is 64.1 cm³/mol. The Hall–Kier alpha value is -0.770. The Balaban J connectivity index is 1.73. The van der Waals surface area contributed by atoms with Gasteiger partial charge >= 0.3 is 6.03 Å². The Bertz CT molecular complexity index is 238. The molecule has 1 aliphatic carbocycles. The molecule has 2 fully saturated rings. The molecule has 0 aromatic carbocycles. The van der Waals surface area contributed by atoms with Crippen molar-refractivity contribution in [1.82, 2.24) is 10.2 Å². The fraction of sp³-hybridized carbons (Fsp3) is 0.917. The number of likely N-dealkylation sites (tertiary alicyclic amines) is 1. The first-order valence-corrected chi connectivity index (χ1v) is 6.55. The first-order valence-electron chi connectivity index (χ1n) is 6.55. The van der Waals surface area contributed by atoms with Crippen molar-refractivity contribution in [3.63, 3.8) is 0 Å². The summed E-state index contributed by atoms with van der Waals surface area (Å²) in [6, 6.07) is 0.576. The van der Waals surface area contributed by atoms with Gasteiger partial charge in [-0.15, -0.1) is 0 Å². The zero-order valence-electron chi connectivity index (χ0n) is 9.95. The molecule has 1 aliphatic heterocycles. The molecule has 16 heavy (non-hydrogen) atoms. The van der Waals surface area contributed by atoms with E-state index in [2.05, 4.69) is 5.32 Å². The van der Waals surface area contributed by atoms with E-state index in [9.17, 15) is 4.79 Å². The lowest BCUT2D eigenvalue weighted by molar-refractivity contribution is 0.202. The van der Waals surface area contributed by atoms with Crippen LogP contribution in [0.5, 0.6) is 0 Å². The van der Waals surface area contributed by atoms with Gasteiger partial charge in [0.1, 0.15) is 0 Å². The molecule has 0 aromatic heterocycles. The van der Waals surface area contributed by atoms with Crippen molar-refractivity contribution in [1.29, 1.82) is 0 Å². The van der Waals surface area contributed by atoms with Gasteiger partial charge in [-0.05, 0) is 38.1 Å². The van der Waals surface area contributed by atoms with Crippen LogP contribution in [0.4, 0.5) is 4.79 Å². The maximum Gasteiger partial charge on any atom is 0.317 e. The Morgan fingerprint density at radius 3 is 2.75 bits per heavy atom. The fourth-order valence-corrected chi connectivity index (χ4v) is 2.82. The van der Waals surface area contributed by atoms with Crippen LogP contribution in [-0.4, -0.2) is 36.6 Å². The summed E-state index contributed by atoms with van der Waals surface area (Å²) in [5.74, 6) is 0.624. The van der Waals surface area contributed by atoms with E-state index in [1.807, 2.05) is 4.90 Å². The third-order valence-electron chi connectivity index (χ3n) is 3.83. The first-order chi connectivity index (χ1) is 7.79. The smallest absolute Gasteiger partial charge is 0.317 e. The number of hydrogen-bond donors (Lipinski definition) is 2. The van der Waals surface area contributed by atoms with Crippen molar-refractivity contribution in [2.24, 2.45) is 11.7 Å². The second-order valence-corrected chi connectivity index (χ2v) is 5.11. The zero-order valence-corrected chi connectivity index (χ0v) is 9.95. The van der Waals surface area contributed by atoms with E-state index in [1.54, 1.807) is 0 Å². The van der Waals surface area contributed by atoms with Crippen molar-refractivity contribution in [3.8, 4) is 0 Å². The van der Waals surface area contributed by atoms with E-state index in [4.69, 9.17) is 5.73 Å². The third kappa shape index (κ3) is 2.88. The number of amides is 2. The highest BCUT2D eigenvalue weighted by Gasteiger charge is 2.27. The molecule has 1 heterocycles. The van der Waals surface area contributed by atoms with Crippen molar-refractivity contribution in [2.45, 2.75) is 44.6 Å². The van der Waals surface area contributed by atoms with Crippen molar-refractivity contribution >= 4 is 6.03 Å². The lowest BCUT2D eigenvalue weighted by Crippen LogP contribution is -2.42. The predicted octanol–water partition coefficient (Wildman–Crippen LogP) is 1.31. The number of carbonyl (C=O) groups is 1. The average Bonchev–Trinajstić information content (AvgIpc) is 2.89. The van der Waals surface area contributed by atoms with Crippen LogP contribution in [0.15, 0.2) is 0 Å². The summed E-state index contributed by atoms with van der Waals surface area (Å²) in [6.07, 6.45) is 7.02. The molecule has 92 valence electrons. The molecule has 0 radical (unpaired) electrons. The van der Waals surface area contributed by atoms with Gasteiger partial charge in [0.2, 0.25) is 0 Å². The van der Waals surface area contributed by atoms with Gasteiger partial charge in [-0.25, -0.2) is 4.79 Å². The summed E-state index contributed by atoms with van der Waals surface area (Å²) in [6.45, 7) is 2.54. The molecular formula is C12H23N3O. The van der Waals surface area contributed by atoms with Crippen molar-refractivity contribution in [2.75, 3.05) is 19.6 Å². The topological polar surface area (TPSA) is 58.4 Å². The molecular weight excluding hydrogens is 202 g/mol. The molecule has 1 atom stereocenters. The molecule has 0 aromatic rings. The summed E-state index contributed by atoms with van der Waals surface area (Å²) < 4.78 is 0. The number of carbonyl (C=O) groups excluding carboxylic acids is 1. The van der Waals surface area contributed by atoms with Gasteiger partial charge in [-0.1, -0.05) is 12.8 Å². The summed E-state index contributed by atoms with van der Waals surface area (Å²) in [7, 11) is 0. The van der Waals surface area contributed by atoms with Gasteiger partial charge in [0, 0.05) is 19.1 Å². The van der Waals surface area contributed by atoms with Gasteiger partial charge in [-0.3, -0.25) is 0 Å². The summed E-state index contributed by atoms with van der Waals surface area (Å²) in [4.78, 5) is 13.9. The molecule has 2 aliphatic rings. The second-order valence-electron chi connectivity index (χ2n) is 5.11. The largest absolute Gasteiger partial charge is 0.335 e. The van der Waals surface area contributed by atoms with Crippen LogP contribution >= 0.6 is 0 Å². The number of hydrogen-bond acceptors (Lipinski definition) is 2. The van der Waals surface area contributed by atoms with Crippen LogP contribution in [0.1, 0.15) is 38.5 Å². The molecule has 1 unspecified atom stereocenters. The Morgan fingerprint density at radius 1 is 1.31 bits per heavy atom. The number of urea groups is 1. The van der Waals surface area contributed by atoms with E-state index in [-0.39, 0.29) is 6.03 Å². The molecule has 0 spiro atoms. The van der Waals surface area contributed by atoms with Crippen LogP contribution in [0.2, 0.25) is 0 Å². The standard InChI is InChI=1S/C12H23N3O/c13-7-5-10-6-8-15(9-10)12(16)14-11-3-1-2-4-11/h10-11H,1-9,13H2,(H,14,16). The molecule has 4 heteroatoms. The van der Waals surface area contributed by atoms with E-state index >= 15 is 0 Å². The minimum absolute atomic E-state index is 0.145. The monoisotopic (exact) mass is 225 g/mol. The number of rotatable bonds is 3. The molecule has 0 bridgehead atoms. The van der Waals surface area contributed by atoms with Gasteiger partial charge in [-0.2, -0.15) is 0 Å². The number of nitrogens with one attached hydrogen (secondary N) is 1. The van der Waals surface area contributed by atoms with Gasteiger partial charge in [0.15, 0.2) is 0 Å². The van der Waals surface area contributed by atoms with Crippen LogP contribution in [0.3, 0.4) is 0 Å². The van der Waals surface area contributed by atoms with E-state index < -0.39 is 0 Å². The van der Waals surface area contributed by atoms with Gasteiger partial charge in [0.05, 0.1) is 0 Å². The highest BCUT2D eigenvalue weighted by atomic mass is 16.2. The molecule has 4 nitrogen and oxygen atoms in total. The SMILES string of the molecule is NCCC1CCN(C(=O)NC2CCCC2)C1. The maximum atomic E-state index is 11.9. The highest BCUT2D eigenvalue weighted by molar-refractivity contribution is 5.74. The number of nitrogens with zero attached hydrogens (tertiary/aromatic N) is 1. The summed E-state index contributed by atoms with van der Waals surface area (Å²) in [5, 5.41) is 3.14. The van der Waals surface area contributed by atoms with E-state index in [0.717, 1.165) is 45.3 Å². The van der Waals surface area contributed by atoms with Crippen molar-refractivity contribution < 1.29 is 4.79 Å². The third-order valence-corrected chi connectivity index (χ3v) is 3.83. The van der Waals surface area contributed by atoms with E-state index in [1.165, 1.54) is 12.8 Å². The fourth-order valence-electron chi connectivity index (χ4n) is 2.82. The Kier molecular flexibility index (Phi) is 4.04. The first kappa shape index (κ1) is 11.7. The molecule has 3 N–H and O–H groups in total. The summed E-state index contributed by atoms with van der Waals surface area (Å²) in [5.41, 5.74) is 5.54. The Labute approximate surface area is 97.6 Å². The van der Waals surface area contributed by atoms with E-state index in [0.29, 0.717) is 12.0 Å². The molecule has 1 saturated carbocycles. The maximum absolute atomic E-state index is 11.9. The van der Waals surface area contributed by atoms with Crippen LogP contribution < -0.4 is 11.1 Å². The number of nitrogens with two attached hydrogens (primary N) is 1. The Morgan fingerprint density at radius 2 is 2.06 bits per heavy atom. The average molecular weight is 225 g/mol. The second kappa shape index (κ2) is 5.53. The lowest BCUT2D eigenvalue weighted by atomic mass is 10.1. The van der Waals surface area contributed by atoms with Gasteiger partial charge in [0.25, 0.3) is 0 Å². The minimum atomic E-state index is 0.145. The van der Waals surface area contributed by atoms with Crippen LogP contribution in [-0.2, 0) is 0 Å². The molecule has 1 saturated heterocycles. The summed E-state index contributed by atoms with van der Waals surface area (Å²) >= 11 is 0. The normalized spacial score (nSPS) is 26.3. The van der Waals surface area contributed by atoms with Gasteiger partial charge < -0.3 is 16.0 Å². The zero-order chi connectivity index (χ0) is 11.4. The molecule has 2 rings (SSSR count). The van der Waals surface area contributed by atoms with Crippen molar-refractivity contribution in [3.05, 3.63) is 0 Å². The van der Waals surface area contributed by atoms with Crippen LogP contribution in [0, 0.1) is 5.92 Å². The quantitative estimate of drug-likeness (QED) is 0.761.